The Kier molecular flexibility index (Phi) is 7.36. The highest BCUT2D eigenvalue weighted by molar-refractivity contribution is 7.13. The second kappa shape index (κ2) is 9.50. The van der Waals surface area contributed by atoms with E-state index in [0.29, 0.717) is 12.2 Å². The van der Waals surface area contributed by atoms with Crippen LogP contribution in [0.3, 0.4) is 0 Å². The number of carboxylic acid groups (broad SMARTS) is 1. The number of carbonyl (C=O) groups is 2. The molecule has 1 N–H and O–H groups in total. The molecule has 6 nitrogen and oxygen atoms in total. The molecule has 1 aromatic heterocycles. The van der Waals surface area contributed by atoms with Crippen LogP contribution in [0, 0.1) is 5.92 Å². The Hall–Kier alpha value is -2.41. The van der Waals surface area contributed by atoms with Crippen molar-refractivity contribution in [3.8, 4) is 16.3 Å². The molecule has 146 valence electrons. The standard InChI is InChI=1S/C20H26N2O4S/c1-13(2)11-22(10-9-18(23)24)20(25)17-12-27-19(21-17)15-5-7-16(8-6-15)26-14(3)4/h5-8,12-14H,9-11H2,1-4H3,(H,23,24). The third-order valence-electron chi connectivity index (χ3n) is 3.66. The fourth-order valence-corrected chi connectivity index (χ4v) is 3.36. The molecule has 0 bridgehead atoms. The third-order valence-corrected chi connectivity index (χ3v) is 4.56. The van der Waals surface area contributed by atoms with E-state index in [9.17, 15) is 9.59 Å². The topological polar surface area (TPSA) is 79.7 Å². The quantitative estimate of drug-likeness (QED) is 0.695. The fourth-order valence-electron chi connectivity index (χ4n) is 2.56. The van der Waals surface area contributed by atoms with Gasteiger partial charge in [-0.15, -0.1) is 11.3 Å². The van der Waals surface area contributed by atoms with Crippen LogP contribution in [-0.4, -0.2) is 46.1 Å². The molecule has 0 saturated carbocycles. The minimum Gasteiger partial charge on any atom is -0.491 e. The van der Waals surface area contributed by atoms with Crippen LogP contribution in [0.5, 0.6) is 5.75 Å². The third kappa shape index (κ3) is 6.36. The number of hydrogen-bond donors (Lipinski definition) is 1. The monoisotopic (exact) mass is 390 g/mol. The van der Waals surface area contributed by atoms with Gasteiger partial charge in [0.25, 0.3) is 5.91 Å². The number of carboxylic acids is 1. The molecular formula is C20H26N2O4S. The molecule has 2 aromatic rings. The molecule has 0 aliphatic carbocycles. The molecule has 0 fully saturated rings. The van der Waals surface area contributed by atoms with E-state index in [1.54, 1.807) is 10.3 Å². The number of hydrogen-bond acceptors (Lipinski definition) is 5. The van der Waals surface area contributed by atoms with Crippen molar-refractivity contribution in [1.29, 1.82) is 0 Å². The van der Waals surface area contributed by atoms with Crippen LogP contribution in [0.1, 0.15) is 44.6 Å². The number of aromatic nitrogens is 1. The number of ether oxygens (including phenoxy) is 1. The van der Waals surface area contributed by atoms with Crippen molar-refractivity contribution in [3.63, 3.8) is 0 Å². The Morgan fingerprint density at radius 2 is 1.85 bits per heavy atom. The highest BCUT2D eigenvalue weighted by Gasteiger charge is 2.21. The van der Waals surface area contributed by atoms with E-state index in [1.165, 1.54) is 11.3 Å². The Labute approximate surface area is 163 Å². The second-order valence-electron chi connectivity index (χ2n) is 7.02. The summed E-state index contributed by atoms with van der Waals surface area (Å²) in [4.78, 5) is 29.7. The maximum absolute atomic E-state index is 12.8. The van der Waals surface area contributed by atoms with E-state index in [2.05, 4.69) is 4.98 Å². The average molecular weight is 391 g/mol. The molecule has 1 amide bonds. The maximum Gasteiger partial charge on any atom is 0.305 e. The van der Waals surface area contributed by atoms with Gasteiger partial charge in [0, 0.05) is 24.0 Å². The lowest BCUT2D eigenvalue weighted by Gasteiger charge is -2.23. The summed E-state index contributed by atoms with van der Waals surface area (Å²) in [5.41, 5.74) is 1.26. The summed E-state index contributed by atoms with van der Waals surface area (Å²) in [5, 5.41) is 11.4. The zero-order valence-electron chi connectivity index (χ0n) is 16.1. The number of carbonyl (C=O) groups excluding carboxylic acids is 1. The lowest BCUT2D eigenvalue weighted by atomic mass is 10.2. The first-order valence-corrected chi connectivity index (χ1v) is 9.88. The summed E-state index contributed by atoms with van der Waals surface area (Å²) in [5.74, 6) is -0.112. The van der Waals surface area contributed by atoms with Gasteiger partial charge in [0.05, 0.1) is 12.5 Å². The van der Waals surface area contributed by atoms with Crippen LogP contribution in [-0.2, 0) is 4.79 Å². The summed E-state index contributed by atoms with van der Waals surface area (Å²) in [6.07, 6.45) is 0.0323. The number of amides is 1. The van der Waals surface area contributed by atoms with Crippen molar-refractivity contribution in [1.82, 2.24) is 9.88 Å². The molecule has 0 radical (unpaired) electrons. The van der Waals surface area contributed by atoms with Gasteiger partial charge in [0.2, 0.25) is 0 Å². The van der Waals surface area contributed by atoms with Crippen molar-refractivity contribution in [2.75, 3.05) is 13.1 Å². The van der Waals surface area contributed by atoms with Gasteiger partial charge in [0.1, 0.15) is 16.5 Å². The molecule has 0 atom stereocenters. The Morgan fingerprint density at radius 3 is 2.41 bits per heavy atom. The minimum absolute atomic E-state index is 0.0766. The smallest absolute Gasteiger partial charge is 0.305 e. The normalized spacial score (nSPS) is 11.0. The van der Waals surface area contributed by atoms with Gasteiger partial charge in [-0.25, -0.2) is 4.98 Å². The molecule has 0 aliphatic rings. The van der Waals surface area contributed by atoms with Crippen molar-refractivity contribution in [3.05, 3.63) is 35.3 Å². The predicted octanol–water partition coefficient (Wildman–Crippen LogP) is 4.17. The zero-order valence-corrected chi connectivity index (χ0v) is 17.0. The van der Waals surface area contributed by atoms with Crippen molar-refractivity contribution < 1.29 is 19.4 Å². The fraction of sp³-hybridized carbons (Fsp3) is 0.450. The van der Waals surface area contributed by atoms with Gasteiger partial charge < -0.3 is 14.7 Å². The number of thiazole rings is 1. The van der Waals surface area contributed by atoms with E-state index in [0.717, 1.165) is 16.3 Å². The Morgan fingerprint density at radius 1 is 1.19 bits per heavy atom. The van der Waals surface area contributed by atoms with Gasteiger partial charge in [-0.2, -0.15) is 0 Å². The number of benzene rings is 1. The number of nitrogens with zero attached hydrogens (tertiary/aromatic N) is 2. The number of aliphatic carboxylic acids is 1. The van der Waals surface area contributed by atoms with E-state index in [1.807, 2.05) is 52.0 Å². The van der Waals surface area contributed by atoms with E-state index in [4.69, 9.17) is 9.84 Å². The first-order valence-electron chi connectivity index (χ1n) is 9.00. The molecule has 0 spiro atoms. The van der Waals surface area contributed by atoms with E-state index in [-0.39, 0.29) is 30.9 Å². The first kappa shape index (κ1) is 20.9. The van der Waals surface area contributed by atoms with Crippen LogP contribution in [0.15, 0.2) is 29.6 Å². The number of rotatable bonds is 9. The van der Waals surface area contributed by atoms with Gasteiger partial charge in [0.15, 0.2) is 0 Å². The van der Waals surface area contributed by atoms with Crippen molar-refractivity contribution in [2.24, 2.45) is 5.92 Å². The Bertz CT molecular complexity index is 769. The lowest BCUT2D eigenvalue weighted by molar-refractivity contribution is -0.137. The maximum atomic E-state index is 12.8. The van der Waals surface area contributed by atoms with Gasteiger partial charge in [-0.1, -0.05) is 13.8 Å². The van der Waals surface area contributed by atoms with Gasteiger partial charge in [-0.05, 0) is 44.0 Å². The lowest BCUT2D eigenvalue weighted by Crippen LogP contribution is -2.36. The van der Waals surface area contributed by atoms with Gasteiger partial charge in [-0.3, -0.25) is 9.59 Å². The molecule has 0 saturated heterocycles. The summed E-state index contributed by atoms with van der Waals surface area (Å²) in [7, 11) is 0. The highest BCUT2D eigenvalue weighted by atomic mass is 32.1. The molecule has 27 heavy (non-hydrogen) atoms. The average Bonchev–Trinajstić information content (AvgIpc) is 3.07. The van der Waals surface area contributed by atoms with Crippen LogP contribution in [0.2, 0.25) is 0 Å². The second-order valence-corrected chi connectivity index (χ2v) is 7.88. The summed E-state index contributed by atoms with van der Waals surface area (Å²) in [6, 6.07) is 7.61. The van der Waals surface area contributed by atoms with Gasteiger partial charge >= 0.3 is 5.97 Å². The largest absolute Gasteiger partial charge is 0.491 e. The molecule has 1 aromatic carbocycles. The van der Waals surface area contributed by atoms with E-state index >= 15 is 0 Å². The molecule has 7 heteroatoms. The summed E-state index contributed by atoms with van der Waals surface area (Å²) in [6.45, 7) is 8.61. The highest BCUT2D eigenvalue weighted by Crippen LogP contribution is 2.26. The van der Waals surface area contributed by atoms with Crippen molar-refractivity contribution >= 4 is 23.2 Å². The minimum atomic E-state index is -0.917. The molecule has 2 rings (SSSR count). The van der Waals surface area contributed by atoms with Crippen LogP contribution >= 0.6 is 11.3 Å². The molecule has 0 unspecified atom stereocenters. The zero-order chi connectivity index (χ0) is 20.0. The molecule has 0 aliphatic heterocycles. The van der Waals surface area contributed by atoms with Crippen molar-refractivity contribution in [2.45, 2.75) is 40.2 Å². The predicted molar refractivity (Wildman–Crippen MR) is 106 cm³/mol. The summed E-state index contributed by atoms with van der Waals surface area (Å²) >= 11 is 1.40. The van der Waals surface area contributed by atoms with Crippen LogP contribution < -0.4 is 4.74 Å². The Balaban J connectivity index is 2.14. The van der Waals surface area contributed by atoms with E-state index < -0.39 is 5.97 Å². The van der Waals surface area contributed by atoms with Crippen LogP contribution in [0.25, 0.3) is 10.6 Å². The SMILES string of the molecule is CC(C)CN(CCC(=O)O)C(=O)c1csc(-c2ccc(OC(C)C)cc2)n1. The molecule has 1 heterocycles. The molecular weight excluding hydrogens is 364 g/mol. The summed E-state index contributed by atoms with van der Waals surface area (Å²) < 4.78 is 5.64. The van der Waals surface area contributed by atoms with Crippen LogP contribution in [0.4, 0.5) is 0 Å². The first-order chi connectivity index (χ1) is 12.8.